The van der Waals surface area contributed by atoms with Crippen LogP contribution in [0.3, 0.4) is 0 Å². The number of aryl methyl sites for hydroxylation is 2. The minimum absolute atomic E-state index is 0.199. The molecule has 1 aliphatic carbocycles. The van der Waals surface area contributed by atoms with Gasteiger partial charge in [-0.25, -0.2) is 4.79 Å². The second-order valence-corrected chi connectivity index (χ2v) is 6.95. The van der Waals surface area contributed by atoms with Gasteiger partial charge >= 0.3 is 5.97 Å². The van der Waals surface area contributed by atoms with Crippen molar-refractivity contribution >= 4 is 11.9 Å². The fraction of sp³-hybridized carbons (Fsp3) is 0.476. The van der Waals surface area contributed by atoms with E-state index in [2.05, 4.69) is 10.3 Å². The van der Waals surface area contributed by atoms with Crippen LogP contribution in [-0.2, 0) is 30.4 Å². The lowest BCUT2D eigenvalue weighted by Gasteiger charge is -2.18. The Labute approximate surface area is 169 Å². The molecule has 2 aromatic rings. The largest absolute Gasteiger partial charge is 0.475 e. The van der Waals surface area contributed by atoms with Gasteiger partial charge in [0.15, 0.2) is 6.10 Å². The Kier molecular flexibility index (Phi) is 6.87. The van der Waals surface area contributed by atoms with Crippen molar-refractivity contribution in [2.24, 2.45) is 11.1 Å². The van der Waals surface area contributed by atoms with E-state index in [9.17, 15) is 4.79 Å². The van der Waals surface area contributed by atoms with Crippen LogP contribution in [0.15, 0.2) is 33.9 Å². The molecule has 1 fully saturated rings. The van der Waals surface area contributed by atoms with Gasteiger partial charge in [-0.3, -0.25) is 0 Å². The maximum Gasteiger partial charge on any atom is 0.339 e. The van der Waals surface area contributed by atoms with E-state index in [1.54, 1.807) is 6.07 Å². The van der Waals surface area contributed by atoms with Crippen molar-refractivity contribution in [3.05, 3.63) is 52.4 Å². The number of ether oxygens (including phenoxy) is 3. The third-order valence-electron chi connectivity index (χ3n) is 4.81. The molecule has 1 heterocycles. The molecule has 0 N–H and O–H groups in total. The molecule has 0 bridgehead atoms. The Morgan fingerprint density at radius 1 is 1.28 bits per heavy atom. The molecule has 156 valence electrons. The van der Waals surface area contributed by atoms with Gasteiger partial charge in [0, 0.05) is 18.2 Å². The normalized spacial score (nSPS) is 15.1. The molecule has 0 saturated heterocycles. The van der Waals surface area contributed by atoms with E-state index in [1.807, 2.05) is 32.0 Å². The molecular weight excluding hydrogens is 376 g/mol. The highest BCUT2D eigenvalue weighted by Crippen LogP contribution is 2.30. The first-order valence-corrected chi connectivity index (χ1v) is 9.49. The number of hydrogen-bond acceptors (Lipinski definition) is 8. The zero-order valence-corrected chi connectivity index (χ0v) is 17.1. The minimum Gasteiger partial charge on any atom is -0.475 e. The summed E-state index contributed by atoms with van der Waals surface area (Å²) >= 11 is 0. The van der Waals surface area contributed by atoms with E-state index >= 15 is 0 Å². The van der Waals surface area contributed by atoms with E-state index in [1.165, 1.54) is 14.2 Å². The first-order valence-electron chi connectivity index (χ1n) is 9.49. The molecule has 1 aromatic carbocycles. The summed E-state index contributed by atoms with van der Waals surface area (Å²) in [5.74, 6) is 1.00. The predicted octanol–water partition coefficient (Wildman–Crippen LogP) is 3.46. The van der Waals surface area contributed by atoms with Crippen LogP contribution >= 0.6 is 0 Å². The number of rotatable bonds is 9. The number of nitrogens with zero attached hydrogens (tertiary/aromatic N) is 2. The highest BCUT2D eigenvalue weighted by atomic mass is 16.6. The number of esters is 1. The Hall–Kier alpha value is -2.87. The van der Waals surface area contributed by atoms with Crippen LogP contribution in [0.1, 0.15) is 47.1 Å². The van der Waals surface area contributed by atoms with Gasteiger partial charge in [-0.2, -0.15) is 0 Å². The third-order valence-corrected chi connectivity index (χ3v) is 4.81. The van der Waals surface area contributed by atoms with Gasteiger partial charge < -0.3 is 23.6 Å². The van der Waals surface area contributed by atoms with Crippen molar-refractivity contribution in [1.82, 2.24) is 5.16 Å². The highest BCUT2D eigenvalue weighted by Gasteiger charge is 2.28. The van der Waals surface area contributed by atoms with Crippen LogP contribution in [0.2, 0.25) is 0 Å². The Bertz CT molecular complexity index is 852. The molecule has 8 nitrogen and oxygen atoms in total. The molecule has 0 radical (unpaired) electrons. The van der Waals surface area contributed by atoms with Gasteiger partial charge in [-0.05, 0) is 43.8 Å². The molecular formula is C21H26N2O6. The lowest BCUT2D eigenvalue weighted by atomic mass is 10.0. The summed E-state index contributed by atoms with van der Waals surface area (Å²) in [5, 5.41) is 8.15. The molecule has 1 saturated carbocycles. The summed E-state index contributed by atoms with van der Waals surface area (Å²) in [6.45, 7) is 4.40. The quantitative estimate of drug-likeness (QED) is 0.274. The summed E-state index contributed by atoms with van der Waals surface area (Å²) in [7, 11) is 2.77. The van der Waals surface area contributed by atoms with Crippen LogP contribution in [0.4, 0.5) is 0 Å². The predicted molar refractivity (Wildman–Crippen MR) is 104 cm³/mol. The minimum atomic E-state index is -0.895. The Balaban J connectivity index is 1.87. The number of carbonyl (C=O) groups excluding carboxylic acids is 1. The smallest absolute Gasteiger partial charge is 0.339 e. The zero-order chi connectivity index (χ0) is 20.8. The summed E-state index contributed by atoms with van der Waals surface area (Å²) < 4.78 is 21.3. The maximum absolute atomic E-state index is 12.2. The number of methoxy groups -OCH3 is 2. The van der Waals surface area contributed by atoms with Crippen LogP contribution in [0.5, 0.6) is 0 Å². The van der Waals surface area contributed by atoms with Crippen LogP contribution < -0.4 is 0 Å². The van der Waals surface area contributed by atoms with Gasteiger partial charge in [-0.1, -0.05) is 23.4 Å². The maximum atomic E-state index is 12.2. The van der Waals surface area contributed by atoms with Crippen molar-refractivity contribution in [3.63, 3.8) is 0 Å². The van der Waals surface area contributed by atoms with E-state index in [0.29, 0.717) is 35.3 Å². The van der Waals surface area contributed by atoms with E-state index in [4.69, 9.17) is 23.6 Å². The molecule has 1 unspecified atom stereocenters. The van der Waals surface area contributed by atoms with Crippen molar-refractivity contribution in [2.75, 3.05) is 20.8 Å². The fourth-order valence-electron chi connectivity index (χ4n) is 2.88. The summed E-state index contributed by atoms with van der Waals surface area (Å²) in [5.41, 5.74) is 2.80. The van der Waals surface area contributed by atoms with Crippen LogP contribution in [0.25, 0.3) is 0 Å². The molecule has 0 amide bonds. The Morgan fingerprint density at radius 3 is 2.66 bits per heavy atom. The third kappa shape index (κ3) is 5.14. The zero-order valence-electron chi connectivity index (χ0n) is 17.1. The molecule has 29 heavy (non-hydrogen) atoms. The van der Waals surface area contributed by atoms with Crippen molar-refractivity contribution < 1.29 is 28.4 Å². The van der Waals surface area contributed by atoms with E-state index in [-0.39, 0.29) is 6.61 Å². The standard InChI is InChI=1S/C21H26N2O6/c1-13-18(14(2)29-22-13)12-28-23-20(27-11-15-9-10-15)17-8-6-5-7-16(17)19(25-3)21(24)26-4/h5-8,15,19H,9-12H2,1-4H3/b23-20+. The van der Waals surface area contributed by atoms with Gasteiger partial charge in [0.2, 0.25) is 0 Å². The van der Waals surface area contributed by atoms with Gasteiger partial charge in [0.05, 0.1) is 25.0 Å². The van der Waals surface area contributed by atoms with Crippen LogP contribution in [0, 0.1) is 19.8 Å². The van der Waals surface area contributed by atoms with Crippen molar-refractivity contribution in [3.8, 4) is 0 Å². The second kappa shape index (κ2) is 9.56. The molecule has 1 atom stereocenters. The number of oxime groups is 1. The van der Waals surface area contributed by atoms with Gasteiger partial charge in [0.1, 0.15) is 12.4 Å². The van der Waals surface area contributed by atoms with E-state index in [0.717, 1.165) is 24.1 Å². The number of carbonyl (C=O) groups is 1. The number of benzene rings is 1. The molecule has 1 aliphatic rings. The Morgan fingerprint density at radius 2 is 2.03 bits per heavy atom. The molecule has 0 aliphatic heterocycles. The number of aromatic nitrogens is 1. The SMILES string of the molecule is COC(=O)C(OC)c1ccccc1/C(=N\OCc1c(C)noc1C)OCC1CC1. The number of hydrogen-bond donors (Lipinski definition) is 0. The van der Waals surface area contributed by atoms with Crippen molar-refractivity contribution in [2.45, 2.75) is 39.4 Å². The first kappa shape index (κ1) is 20.9. The van der Waals surface area contributed by atoms with Crippen molar-refractivity contribution in [1.29, 1.82) is 0 Å². The second-order valence-electron chi connectivity index (χ2n) is 6.95. The van der Waals surface area contributed by atoms with Crippen LogP contribution in [-0.4, -0.2) is 37.9 Å². The first-order chi connectivity index (χ1) is 14.0. The molecule has 8 heteroatoms. The summed E-state index contributed by atoms with van der Waals surface area (Å²) in [4.78, 5) is 17.7. The van der Waals surface area contributed by atoms with Gasteiger partial charge in [0.25, 0.3) is 5.90 Å². The average Bonchev–Trinajstić information content (AvgIpc) is 3.51. The van der Waals surface area contributed by atoms with E-state index < -0.39 is 12.1 Å². The average molecular weight is 402 g/mol. The monoisotopic (exact) mass is 402 g/mol. The summed E-state index contributed by atoms with van der Waals surface area (Å²) in [6.07, 6.45) is 1.38. The lowest BCUT2D eigenvalue weighted by Crippen LogP contribution is -2.21. The van der Waals surface area contributed by atoms with Gasteiger partial charge in [-0.15, -0.1) is 0 Å². The molecule has 0 spiro atoms. The molecule has 3 rings (SSSR count). The summed E-state index contributed by atoms with van der Waals surface area (Å²) in [6, 6.07) is 7.25. The highest BCUT2D eigenvalue weighted by molar-refractivity contribution is 5.97. The fourth-order valence-corrected chi connectivity index (χ4v) is 2.88. The molecule has 1 aromatic heterocycles. The topological polar surface area (TPSA) is 92.4 Å². The lowest BCUT2D eigenvalue weighted by molar-refractivity contribution is -0.152.